The summed E-state index contributed by atoms with van der Waals surface area (Å²) in [6.07, 6.45) is 3.49. The van der Waals surface area contributed by atoms with Gasteiger partial charge in [0.25, 0.3) is 0 Å². The number of carbonyl (C=O) groups is 2. The third kappa shape index (κ3) is 21.0. The summed E-state index contributed by atoms with van der Waals surface area (Å²) < 4.78 is 35.8. The lowest BCUT2D eigenvalue weighted by molar-refractivity contribution is -0.146. The second-order valence-corrected chi connectivity index (χ2v) is 5.76. The number of esters is 2. The fourth-order valence-corrected chi connectivity index (χ4v) is 1.90. The molecule has 0 bridgehead atoms. The molecular weight excluding hydrogens is 372 g/mol. The molecule has 0 unspecified atom stereocenters. The molecule has 166 valence electrons. The van der Waals surface area contributed by atoms with Gasteiger partial charge in [0.15, 0.2) is 0 Å². The predicted molar refractivity (Wildman–Crippen MR) is 101 cm³/mol. The third-order valence-corrected chi connectivity index (χ3v) is 3.41. The van der Waals surface area contributed by atoms with Crippen LogP contribution in [0.25, 0.3) is 0 Å². The Morgan fingerprint density at radius 3 is 1.54 bits per heavy atom. The zero-order valence-electron chi connectivity index (χ0n) is 17.3. The average molecular weight is 408 g/mol. The van der Waals surface area contributed by atoms with Crippen LogP contribution in [0.1, 0.15) is 32.6 Å². The first-order chi connectivity index (χ1) is 13.7. The van der Waals surface area contributed by atoms with Gasteiger partial charge in [-0.3, -0.25) is 4.79 Å². The van der Waals surface area contributed by atoms with Crippen molar-refractivity contribution in [1.29, 1.82) is 0 Å². The van der Waals surface area contributed by atoms with Gasteiger partial charge in [0.1, 0.15) is 13.2 Å². The largest absolute Gasteiger partial charge is 0.467 e. The summed E-state index contributed by atoms with van der Waals surface area (Å²) in [5.41, 5.74) is 0. The molecule has 0 aromatic carbocycles. The highest BCUT2D eigenvalue weighted by Crippen LogP contribution is 2.00. The van der Waals surface area contributed by atoms with E-state index in [1.807, 2.05) is 0 Å². The number of hydrogen-bond acceptors (Lipinski definition) is 9. The van der Waals surface area contributed by atoms with Crippen molar-refractivity contribution in [3.8, 4) is 0 Å². The van der Waals surface area contributed by atoms with Gasteiger partial charge in [-0.2, -0.15) is 0 Å². The molecule has 0 fully saturated rings. The van der Waals surface area contributed by atoms with Crippen LogP contribution in [-0.2, 0) is 42.7 Å². The summed E-state index contributed by atoms with van der Waals surface area (Å²) >= 11 is 0. The smallest absolute Gasteiger partial charge is 0.331 e. The van der Waals surface area contributed by atoms with Crippen LogP contribution in [0.2, 0.25) is 0 Å². The van der Waals surface area contributed by atoms with Crippen molar-refractivity contribution in [2.24, 2.45) is 0 Å². The van der Waals surface area contributed by atoms with Gasteiger partial charge >= 0.3 is 11.9 Å². The fraction of sp³-hybridized carbons (Fsp3) is 0.895. The molecule has 0 aliphatic carbocycles. The van der Waals surface area contributed by atoms with Gasteiger partial charge in [-0.15, -0.1) is 0 Å². The van der Waals surface area contributed by atoms with Crippen molar-refractivity contribution in [3.05, 3.63) is 0 Å². The van der Waals surface area contributed by atoms with Gasteiger partial charge in [0, 0.05) is 6.42 Å². The molecular formula is C19H36O9. The number of rotatable bonds is 21. The van der Waals surface area contributed by atoms with Crippen LogP contribution in [0.3, 0.4) is 0 Å². The Morgan fingerprint density at radius 2 is 1.07 bits per heavy atom. The predicted octanol–water partition coefficient (Wildman–Crippen LogP) is 1.37. The Morgan fingerprint density at radius 1 is 0.607 bits per heavy atom. The van der Waals surface area contributed by atoms with E-state index in [0.717, 1.165) is 19.3 Å². The molecule has 0 saturated carbocycles. The Labute approximate surface area is 167 Å². The lowest BCUT2D eigenvalue weighted by Crippen LogP contribution is -2.16. The number of ether oxygens (including phenoxy) is 7. The normalized spacial score (nSPS) is 10.8. The lowest BCUT2D eigenvalue weighted by atomic mass is 10.2. The zero-order valence-corrected chi connectivity index (χ0v) is 17.3. The van der Waals surface area contributed by atoms with E-state index in [1.165, 1.54) is 7.11 Å². The maximum atomic E-state index is 11.4. The third-order valence-electron chi connectivity index (χ3n) is 3.41. The molecule has 9 heteroatoms. The second kappa shape index (κ2) is 22.0. The number of unbranched alkanes of at least 4 members (excludes halogenated alkanes) is 2. The molecule has 0 heterocycles. The molecule has 0 atom stereocenters. The Bertz CT molecular complexity index is 363. The molecule has 0 spiro atoms. The van der Waals surface area contributed by atoms with Gasteiger partial charge in [-0.25, -0.2) is 4.79 Å². The van der Waals surface area contributed by atoms with E-state index >= 15 is 0 Å². The van der Waals surface area contributed by atoms with Gasteiger partial charge in [-0.05, 0) is 6.42 Å². The highest BCUT2D eigenvalue weighted by molar-refractivity contribution is 5.70. The van der Waals surface area contributed by atoms with Crippen molar-refractivity contribution in [2.45, 2.75) is 32.6 Å². The lowest BCUT2D eigenvalue weighted by Gasteiger charge is -2.08. The van der Waals surface area contributed by atoms with Crippen molar-refractivity contribution < 1.29 is 42.7 Å². The van der Waals surface area contributed by atoms with Gasteiger partial charge < -0.3 is 33.2 Å². The quantitative estimate of drug-likeness (QED) is 0.206. The minimum Gasteiger partial charge on any atom is -0.467 e. The van der Waals surface area contributed by atoms with E-state index in [0.29, 0.717) is 65.9 Å². The molecule has 0 aromatic heterocycles. The Hall–Kier alpha value is -1.26. The standard InChI is InChI=1S/C19H36O9/c1-3-4-5-6-18(20)28-16-15-26-12-11-24-8-7-23-9-10-25-13-14-27-17-19(21)22-2/h3-17H2,1-2H3. The maximum Gasteiger partial charge on any atom is 0.331 e. The van der Waals surface area contributed by atoms with Crippen LogP contribution < -0.4 is 0 Å². The first-order valence-corrected chi connectivity index (χ1v) is 9.81. The van der Waals surface area contributed by atoms with Gasteiger partial charge in [0.2, 0.25) is 0 Å². The SMILES string of the molecule is CCCCCC(=O)OCCOCCOCCOCCOCCOCC(=O)OC. The fourth-order valence-electron chi connectivity index (χ4n) is 1.90. The first kappa shape index (κ1) is 26.7. The molecule has 0 amide bonds. The van der Waals surface area contributed by atoms with Crippen LogP contribution in [-0.4, -0.2) is 91.7 Å². The maximum absolute atomic E-state index is 11.4. The first-order valence-electron chi connectivity index (χ1n) is 9.81. The monoisotopic (exact) mass is 408 g/mol. The molecule has 0 N–H and O–H groups in total. The van der Waals surface area contributed by atoms with Gasteiger partial charge in [0.05, 0.1) is 66.6 Å². The summed E-state index contributed by atoms with van der Waals surface area (Å²) in [6.45, 7) is 6.15. The van der Waals surface area contributed by atoms with Crippen molar-refractivity contribution >= 4 is 11.9 Å². The molecule has 9 nitrogen and oxygen atoms in total. The zero-order chi connectivity index (χ0) is 20.7. The molecule has 28 heavy (non-hydrogen) atoms. The van der Waals surface area contributed by atoms with E-state index in [1.54, 1.807) is 0 Å². The highest BCUT2D eigenvalue weighted by atomic mass is 16.6. The Kier molecular flexibility index (Phi) is 21.0. The summed E-state index contributed by atoms with van der Waals surface area (Å²) in [4.78, 5) is 22.1. The summed E-state index contributed by atoms with van der Waals surface area (Å²) in [5, 5.41) is 0. The average Bonchev–Trinajstić information content (AvgIpc) is 2.70. The second-order valence-electron chi connectivity index (χ2n) is 5.76. The molecule has 0 aliphatic heterocycles. The molecule has 0 saturated heterocycles. The van der Waals surface area contributed by atoms with Crippen LogP contribution >= 0.6 is 0 Å². The van der Waals surface area contributed by atoms with E-state index in [-0.39, 0.29) is 19.2 Å². The molecule has 0 aliphatic rings. The van der Waals surface area contributed by atoms with Crippen molar-refractivity contribution in [1.82, 2.24) is 0 Å². The minimum atomic E-state index is -0.407. The van der Waals surface area contributed by atoms with E-state index in [2.05, 4.69) is 11.7 Å². The molecule has 0 aromatic rings. The minimum absolute atomic E-state index is 0.0678. The van der Waals surface area contributed by atoms with E-state index in [9.17, 15) is 9.59 Å². The topological polar surface area (TPSA) is 98.8 Å². The van der Waals surface area contributed by atoms with E-state index in [4.69, 9.17) is 28.4 Å². The van der Waals surface area contributed by atoms with Crippen LogP contribution in [0.15, 0.2) is 0 Å². The Balaban J connectivity index is 3.10. The molecule has 0 radical (unpaired) electrons. The summed E-state index contributed by atoms with van der Waals surface area (Å²) in [5.74, 6) is -0.571. The van der Waals surface area contributed by atoms with Gasteiger partial charge in [-0.1, -0.05) is 19.8 Å². The molecule has 0 rings (SSSR count). The van der Waals surface area contributed by atoms with Crippen molar-refractivity contribution in [2.75, 3.05) is 79.8 Å². The van der Waals surface area contributed by atoms with Crippen molar-refractivity contribution in [3.63, 3.8) is 0 Å². The number of hydrogen-bond donors (Lipinski definition) is 0. The number of methoxy groups -OCH3 is 1. The van der Waals surface area contributed by atoms with Crippen LogP contribution in [0.4, 0.5) is 0 Å². The summed E-state index contributed by atoms with van der Waals surface area (Å²) in [6, 6.07) is 0. The van der Waals surface area contributed by atoms with Crippen LogP contribution in [0.5, 0.6) is 0 Å². The van der Waals surface area contributed by atoms with Crippen LogP contribution in [0, 0.1) is 0 Å². The van der Waals surface area contributed by atoms with E-state index < -0.39 is 5.97 Å². The summed E-state index contributed by atoms with van der Waals surface area (Å²) in [7, 11) is 1.31. The number of carbonyl (C=O) groups excluding carboxylic acids is 2. The highest BCUT2D eigenvalue weighted by Gasteiger charge is 2.02.